The van der Waals surface area contributed by atoms with Gasteiger partial charge >= 0.3 is 0 Å². The van der Waals surface area contributed by atoms with Crippen LogP contribution in [0.5, 0.6) is 0 Å². The molecular weight excluding hydrogens is 497 g/mol. The first kappa shape index (κ1) is 28.0. The minimum absolute atomic E-state index is 0.112. The number of anilines is 1. The van der Waals surface area contributed by atoms with Crippen molar-refractivity contribution in [2.45, 2.75) is 52.7 Å². The predicted molar refractivity (Wildman–Crippen MR) is 138 cm³/mol. The van der Waals surface area contributed by atoms with E-state index in [2.05, 4.69) is 5.32 Å². The molecule has 34 heavy (non-hydrogen) atoms. The normalized spacial score (nSPS) is 12.4. The Hall–Kier alpha value is -2.29. The van der Waals surface area contributed by atoms with E-state index in [-0.39, 0.29) is 34.2 Å². The van der Waals surface area contributed by atoms with Gasteiger partial charge < -0.3 is 10.2 Å². The lowest BCUT2D eigenvalue weighted by atomic mass is 10.1. The highest BCUT2D eigenvalue weighted by Crippen LogP contribution is 2.27. The van der Waals surface area contributed by atoms with Crippen LogP contribution in [0, 0.1) is 6.92 Å². The van der Waals surface area contributed by atoms with Gasteiger partial charge in [-0.25, -0.2) is 8.42 Å². The highest BCUT2D eigenvalue weighted by molar-refractivity contribution is 7.92. The number of hydrogen-bond donors (Lipinski definition) is 1. The van der Waals surface area contributed by atoms with Crippen molar-refractivity contribution >= 4 is 50.7 Å². The number of halogens is 2. The zero-order chi connectivity index (χ0) is 25.6. The molecule has 0 spiro atoms. The topological polar surface area (TPSA) is 86.8 Å². The van der Waals surface area contributed by atoms with Gasteiger partial charge in [-0.15, -0.1) is 0 Å². The van der Waals surface area contributed by atoms with Crippen LogP contribution in [-0.4, -0.2) is 50.0 Å². The van der Waals surface area contributed by atoms with Crippen LogP contribution < -0.4 is 9.62 Å². The second kappa shape index (κ2) is 11.9. The summed E-state index contributed by atoms with van der Waals surface area (Å²) < 4.78 is 26.2. The molecule has 10 heteroatoms. The lowest BCUT2D eigenvalue weighted by Crippen LogP contribution is -2.53. The van der Waals surface area contributed by atoms with Crippen molar-refractivity contribution in [1.29, 1.82) is 0 Å². The minimum Gasteiger partial charge on any atom is -0.352 e. The molecule has 0 aliphatic carbocycles. The van der Waals surface area contributed by atoms with Gasteiger partial charge in [0, 0.05) is 22.6 Å². The Morgan fingerprint density at radius 2 is 1.59 bits per heavy atom. The van der Waals surface area contributed by atoms with Crippen molar-refractivity contribution in [2.24, 2.45) is 0 Å². The quantitative estimate of drug-likeness (QED) is 0.495. The molecule has 1 N–H and O–H groups in total. The monoisotopic (exact) mass is 527 g/mol. The van der Waals surface area contributed by atoms with E-state index in [1.807, 2.05) is 52.0 Å². The fourth-order valence-corrected chi connectivity index (χ4v) is 4.84. The Morgan fingerprint density at radius 3 is 2.06 bits per heavy atom. The Bertz CT molecular complexity index is 1100. The third kappa shape index (κ3) is 7.89. The van der Waals surface area contributed by atoms with Gasteiger partial charge in [-0.1, -0.05) is 60.0 Å². The largest absolute Gasteiger partial charge is 0.352 e. The van der Waals surface area contributed by atoms with Gasteiger partial charge in [0.2, 0.25) is 21.8 Å². The standard InChI is InChI=1S/C24H31Cl2N3O4S/c1-6-22(24(31)27-16(2)3)28(14-18-9-7-17(4)8-10-18)23(30)15-29(34(5,32)33)21-12-19(25)11-20(26)13-21/h7-13,16,22H,6,14-15H2,1-5H3,(H,27,31). The fraction of sp³-hybridized carbons (Fsp3) is 0.417. The zero-order valence-corrected chi connectivity index (χ0v) is 22.3. The van der Waals surface area contributed by atoms with Crippen LogP contribution >= 0.6 is 23.2 Å². The smallest absolute Gasteiger partial charge is 0.244 e. The third-order valence-corrected chi connectivity index (χ3v) is 6.68. The van der Waals surface area contributed by atoms with Crippen LogP contribution in [-0.2, 0) is 26.2 Å². The molecule has 0 aliphatic heterocycles. The van der Waals surface area contributed by atoms with Gasteiger partial charge in [0.05, 0.1) is 11.9 Å². The lowest BCUT2D eigenvalue weighted by molar-refractivity contribution is -0.140. The summed E-state index contributed by atoms with van der Waals surface area (Å²) in [5.74, 6) is -0.817. The molecule has 7 nitrogen and oxygen atoms in total. The number of amides is 2. The molecule has 0 fully saturated rings. The maximum Gasteiger partial charge on any atom is 0.244 e. The molecule has 186 valence electrons. The summed E-state index contributed by atoms with van der Waals surface area (Å²) in [7, 11) is -3.86. The molecule has 0 aliphatic rings. The number of hydrogen-bond acceptors (Lipinski definition) is 4. The Labute approximate surface area is 212 Å². The molecule has 0 bridgehead atoms. The Morgan fingerprint density at radius 1 is 1.03 bits per heavy atom. The average Bonchev–Trinajstić information content (AvgIpc) is 2.71. The second-order valence-electron chi connectivity index (χ2n) is 8.49. The van der Waals surface area contributed by atoms with Crippen LogP contribution in [0.25, 0.3) is 0 Å². The Balaban J connectivity index is 2.46. The first-order valence-corrected chi connectivity index (χ1v) is 13.5. The molecule has 1 atom stereocenters. The number of aryl methyl sites for hydroxylation is 1. The van der Waals surface area contributed by atoms with E-state index in [0.29, 0.717) is 6.42 Å². The number of nitrogens with one attached hydrogen (secondary N) is 1. The molecule has 1 unspecified atom stereocenters. The molecule has 2 amide bonds. The fourth-order valence-electron chi connectivity index (χ4n) is 3.49. The van der Waals surface area contributed by atoms with Gasteiger partial charge in [0.15, 0.2) is 0 Å². The average molecular weight is 529 g/mol. The van der Waals surface area contributed by atoms with Gasteiger partial charge in [0.25, 0.3) is 0 Å². The van der Waals surface area contributed by atoms with Crippen LogP contribution in [0.4, 0.5) is 5.69 Å². The summed E-state index contributed by atoms with van der Waals surface area (Å²) >= 11 is 12.1. The van der Waals surface area contributed by atoms with Crippen molar-refractivity contribution in [1.82, 2.24) is 10.2 Å². The van der Waals surface area contributed by atoms with Gasteiger partial charge in [-0.05, 0) is 51.0 Å². The van der Waals surface area contributed by atoms with E-state index >= 15 is 0 Å². The molecule has 0 saturated carbocycles. The first-order valence-electron chi connectivity index (χ1n) is 10.9. The highest BCUT2D eigenvalue weighted by Gasteiger charge is 2.32. The van der Waals surface area contributed by atoms with Gasteiger partial charge in [-0.2, -0.15) is 0 Å². The predicted octanol–water partition coefficient (Wildman–Crippen LogP) is 4.40. The molecule has 0 saturated heterocycles. The summed E-state index contributed by atoms with van der Waals surface area (Å²) in [6.45, 7) is 7.09. The summed E-state index contributed by atoms with van der Waals surface area (Å²) in [5.41, 5.74) is 2.06. The minimum atomic E-state index is -3.86. The first-order chi connectivity index (χ1) is 15.8. The maximum atomic E-state index is 13.6. The van der Waals surface area contributed by atoms with Crippen molar-refractivity contribution < 1.29 is 18.0 Å². The lowest BCUT2D eigenvalue weighted by Gasteiger charge is -2.33. The van der Waals surface area contributed by atoms with E-state index in [1.165, 1.54) is 23.1 Å². The number of sulfonamides is 1. The zero-order valence-electron chi connectivity index (χ0n) is 20.0. The van der Waals surface area contributed by atoms with E-state index in [9.17, 15) is 18.0 Å². The van der Waals surface area contributed by atoms with Crippen LogP contribution in [0.3, 0.4) is 0 Å². The molecule has 0 heterocycles. The number of carbonyl (C=O) groups is 2. The van der Waals surface area contributed by atoms with Crippen LogP contribution in [0.15, 0.2) is 42.5 Å². The number of rotatable bonds is 10. The molecule has 0 radical (unpaired) electrons. The van der Waals surface area contributed by atoms with Crippen molar-refractivity contribution in [2.75, 3.05) is 17.1 Å². The van der Waals surface area contributed by atoms with E-state index in [0.717, 1.165) is 21.7 Å². The summed E-state index contributed by atoms with van der Waals surface area (Å²) in [6.07, 6.45) is 1.36. The van der Waals surface area contributed by atoms with E-state index in [4.69, 9.17) is 23.2 Å². The summed E-state index contributed by atoms with van der Waals surface area (Å²) in [5, 5.41) is 3.33. The summed E-state index contributed by atoms with van der Waals surface area (Å²) in [4.78, 5) is 27.9. The Kier molecular flexibility index (Phi) is 9.79. The maximum absolute atomic E-state index is 13.6. The van der Waals surface area contributed by atoms with Gasteiger partial charge in [0.1, 0.15) is 12.6 Å². The SMILES string of the molecule is CCC(C(=O)NC(C)C)N(Cc1ccc(C)cc1)C(=O)CN(c1cc(Cl)cc(Cl)c1)S(C)(=O)=O. The molecule has 2 rings (SSSR count). The number of benzene rings is 2. The van der Waals surface area contributed by atoms with Crippen molar-refractivity contribution in [3.05, 3.63) is 63.6 Å². The molecular formula is C24H31Cl2N3O4S. The van der Waals surface area contributed by atoms with Gasteiger partial charge in [-0.3, -0.25) is 13.9 Å². The number of carbonyl (C=O) groups excluding carboxylic acids is 2. The molecule has 2 aromatic rings. The second-order valence-corrected chi connectivity index (χ2v) is 11.3. The number of nitrogens with zero attached hydrogens (tertiary/aromatic N) is 2. The van der Waals surface area contributed by atoms with Crippen molar-refractivity contribution in [3.63, 3.8) is 0 Å². The van der Waals surface area contributed by atoms with E-state index in [1.54, 1.807) is 0 Å². The van der Waals surface area contributed by atoms with Crippen LogP contribution in [0.2, 0.25) is 10.0 Å². The van der Waals surface area contributed by atoms with Crippen LogP contribution in [0.1, 0.15) is 38.3 Å². The third-order valence-electron chi connectivity index (χ3n) is 5.10. The van der Waals surface area contributed by atoms with E-state index < -0.39 is 28.5 Å². The molecule has 2 aromatic carbocycles. The van der Waals surface area contributed by atoms with Crippen molar-refractivity contribution in [3.8, 4) is 0 Å². The summed E-state index contributed by atoms with van der Waals surface area (Å²) in [6, 6.07) is 11.0. The molecule has 0 aromatic heterocycles. The highest BCUT2D eigenvalue weighted by atomic mass is 35.5.